The minimum absolute atomic E-state index is 0.00203. The molecule has 10 nitrogen and oxygen atoms in total. The second kappa shape index (κ2) is 10.1. The number of anilines is 2. The van der Waals surface area contributed by atoms with Crippen molar-refractivity contribution in [3.05, 3.63) is 60.7 Å². The first-order valence-electron chi connectivity index (χ1n) is 9.74. The van der Waals surface area contributed by atoms with E-state index in [0.29, 0.717) is 11.5 Å². The Hall–Kier alpha value is -3.64. The van der Waals surface area contributed by atoms with Crippen molar-refractivity contribution in [3.8, 4) is 23.0 Å². The zero-order chi connectivity index (χ0) is 24.9. The molecule has 3 aromatic rings. The molecule has 3 aromatic carbocycles. The van der Waals surface area contributed by atoms with Crippen molar-refractivity contribution in [2.45, 2.75) is 9.79 Å². The van der Waals surface area contributed by atoms with Gasteiger partial charge in [-0.05, 0) is 36.4 Å². The molecule has 0 aliphatic heterocycles. The lowest BCUT2D eigenvalue weighted by atomic mass is 10.3. The summed E-state index contributed by atoms with van der Waals surface area (Å²) in [5.41, 5.74) is -0.00405. The van der Waals surface area contributed by atoms with E-state index in [1.54, 1.807) is 24.3 Å². The lowest BCUT2D eigenvalue weighted by molar-refractivity contribution is 0.392. The standard InChI is InChI=1S/C22H24N2O8S2/c1-29-15-9-11-19(31-3)21(13-15)33(25,26)23-17-7-5-6-8-18(17)24-34(27,28)22-14-16(30-2)10-12-20(22)32-4/h5-14,23-24H,1-4H3. The highest BCUT2D eigenvalue weighted by Gasteiger charge is 2.25. The molecule has 0 spiro atoms. The number of para-hydroxylation sites is 2. The van der Waals surface area contributed by atoms with Gasteiger partial charge in [-0.25, -0.2) is 16.8 Å². The van der Waals surface area contributed by atoms with Crippen LogP contribution in [0, 0.1) is 0 Å². The molecular formula is C22H24N2O8S2. The fraction of sp³-hybridized carbons (Fsp3) is 0.182. The van der Waals surface area contributed by atoms with E-state index < -0.39 is 20.0 Å². The lowest BCUT2D eigenvalue weighted by Crippen LogP contribution is -2.18. The third-order valence-electron chi connectivity index (χ3n) is 4.74. The van der Waals surface area contributed by atoms with E-state index in [2.05, 4.69) is 9.44 Å². The SMILES string of the molecule is COc1ccc(OC)c(S(=O)(=O)Nc2ccccc2NS(=O)(=O)c2cc(OC)ccc2OC)c1. The maximum atomic E-state index is 13.2. The summed E-state index contributed by atoms with van der Waals surface area (Å²) >= 11 is 0. The Morgan fingerprint density at radius 1 is 0.559 bits per heavy atom. The Bertz CT molecular complexity index is 1280. The predicted molar refractivity (Wildman–Crippen MR) is 127 cm³/mol. The summed E-state index contributed by atoms with van der Waals surface area (Å²) in [6.07, 6.45) is 0. The predicted octanol–water partition coefficient (Wildman–Crippen LogP) is 3.32. The number of rotatable bonds is 10. The molecular weight excluding hydrogens is 484 g/mol. The van der Waals surface area contributed by atoms with E-state index in [1.165, 1.54) is 64.8 Å². The lowest BCUT2D eigenvalue weighted by Gasteiger charge is -2.17. The molecule has 0 unspecified atom stereocenters. The number of sulfonamides is 2. The first-order valence-corrected chi connectivity index (χ1v) is 12.7. The van der Waals surface area contributed by atoms with Gasteiger partial charge in [0.25, 0.3) is 20.0 Å². The van der Waals surface area contributed by atoms with Crippen LogP contribution in [0.1, 0.15) is 0 Å². The number of methoxy groups -OCH3 is 4. The van der Waals surface area contributed by atoms with Crippen LogP contribution in [0.4, 0.5) is 11.4 Å². The van der Waals surface area contributed by atoms with Crippen molar-refractivity contribution >= 4 is 31.4 Å². The third-order valence-corrected chi connectivity index (χ3v) is 7.51. The minimum atomic E-state index is -4.19. The molecule has 182 valence electrons. The smallest absolute Gasteiger partial charge is 0.265 e. The average molecular weight is 509 g/mol. The monoisotopic (exact) mass is 508 g/mol. The van der Waals surface area contributed by atoms with Crippen LogP contribution in [0.5, 0.6) is 23.0 Å². The van der Waals surface area contributed by atoms with Crippen LogP contribution in [0.2, 0.25) is 0 Å². The molecule has 0 heterocycles. The van der Waals surface area contributed by atoms with Gasteiger partial charge in [-0.1, -0.05) is 12.1 Å². The first-order chi connectivity index (χ1) is 16.1. The quantitative estimate of drug-likeness (QED) is 0.427. The molecule has 0 saturated heterocycles. The summed E-state index contributed by atoms with van der Waals surface area (Å²) in [5, 5.41) is 0. The van der Waals surface area contributed by atoms with Crippen LogP contribution >= 0.6 is 0 Å². The molecule has 0 radical (unpaired) electrons. The van der Waals surface area contributed by atoms with Crippen LogP contribution in [0.3, 0.4) is 0 Å². The van der Waals surface area contributed by atoms with Crippen LogP contribution in [0.15, 0.2) is 70.5 Å². The van der Waals surface area contributed by atoms with Crippen molar-refractivity contribution in [3.63, 3.8) is 0 Å². The Balaban J connectivity index is 2.01. The molecule has 0 fully saturated rings. The summed E-state index contributed by atoms with van der Waals surface area (Å²) in [6.45, 7) is 0. The van der Waals surface area contributed by atoms with Gasteiger partial charge < -0.3 is 18.9 Å². The maximum Gasteiger partial charge on any atom is 0.265 e. The molecule has 0 aromatic heterocycles. The molecule has 0 aliphatic rings. The summed E-state index contributed by atoms with van der Waals surface area (Å²) in [4.78, 5) is -0.358. The molecule has 0 saturated carbocycles. The Morgan fingerprint density at radius 2 is 0.941 bits per heavy atom. The molecule has 3 rings (SSSR count). The molecule has 12 heteroatoms. The fourth-order valence-electron chi connectivity index (χ4n) is 3.05. The Kier molecular flexibility index (Phi) is 7.42. The first kappa shape index (κ1) is 25.0. The zero-order valence-corrected chi connectivity index (χ0v) is 20.5. The molecule has 0 amide bonds. The highest BCUT2D eigenvalue weighted by molar-refractivity contribution is 7.93. The van der Waals surface area contributed by atoms with Gasteiger partial charge in [-0.15, -0.1) is 0 Å². The van der Waals surface area contributed by atoms with Crippen molar-refractivity contribution in [2.75, 3.05) is 37.9 Å². The van der Waals surface area contributed by atoms with Crippen LogP contribution in [-0.4, -0.2) is 45.3 Å². The van der Waals surface area contributed by atoms with Gasteiger partial charge in [0.05, 0.1) is 39.8 Å². The van der Waals surface area contributed by atoms with Gasteiger partial charge in [-0.2, -0.15) is 0 Å². The molecule has 34 heavy (non-hydrogen) atoms. The normalized spacial score (nSPS) is 11.4. The van der Waals surface area contributed by atoms with Gasteiger partial charge >= 0.3 is 0 Å². The van der Waals surface area contributed by atoms with Gasteiger partial charge in [0.1, 0.15) is 32.8 Å². The second-order valence-corrected chi connectivity index (χ2v) is 10.1. The van der Waals surface area contributed by atoms with Crippen molar-refractivity contribution in [1.29, 1.82) is 0 Å². The summed E-state index contributed by atoms with van der Waals surface area (Å²) < 4.78 is 78.0. The summed E-state index contributed by atoms with van der Waals surface area (Å²) in [6, 6.07) is 14.6. The number of benzene rings is 3. The molecule has 0 bridgehead atoms. The van der Waals surface area contributed by atoms with Gasteiger partial charge in [0.2, 0.25) is 0 Å². The van der Waals surface area contributed by atoms with E-state index in [0.717, 1.165) is 0 Å². The fourth-order valence-corrected chi connectivity index (χ4v) is 5.58. The molecule has 0 aliphatic carbocycles. The number of hydrogen-bond donors (Lipinski definition) is 2. The van der Waals surface area contributed by atoms with E-state index in [9.17, 15) is 16.8 Å². The van der Waals surface area contributed by atoms with E-state index in [1.807, 2.05) is 0 Å². The highest BCUT2D eigenvalue weighted by atomic mass is 32.2. The average Bonchev–Trinajstić information content (AvgIpc) is 2.84. The van der Waals surface area contributed by atoms with Crippen LogP contribution < -0.4 is 28.4 Å². The molecule has 2 N–H and O–H groups in total. The van der Waals surface area contributed by atoms with E-state index in [4.69, 9.17) is 18.9 Å². The topological polar surface area (TPSA) is 129 Å². The molecule has 0 atom stereocenters. The largest absolute Gasteiger partial charge is 0.497 e. The zero-order valence-electron chi connectivity index (χ0n) is 18.9. The summed E-state index contributed by atoms with van der Waals surface area (Å²) in [7, 11) is -2.89. The van der Waals surface area contributed by atoms with Crippen LogP contribution in [0.25, 0.3) is 0 Å². The van der Waals surface area contributed by atoms with Gasteiger partial charge in [0.15, 0.2) is 0 Å². The highest BCUT2D eigenvalue weighted by Crippen LogP contribution is 2.34. The minimum Gasteiger partial charge on any atom is -0.497 e. The number of nitrogens with one attached hydrogen (secondary N) is 2. The summed E-state index contributed by atoms with van der Waals surface area (Å²) in [5.74, 6) is 0.792. The van der Waals surface area contributed by atoms with Crippen molar-refractivity contribution < 1.29 is 35.8 Å². The van der Waals surface area contributed by atoms with Gasteiger partial charge in [-0.3, -0.25) is 9.44 Å². The van der Waals surface area contributed by atoms with Crippen molar-refractivity contribution in [1.82, 2.24) is 0 Å². The van der Waals surface area contributed by atoms with Crippen LogP contribution in [-0.2, 0) is 20.0 Å². The van der Waals surface area contributed by atoms with E-state index in [-0.39, 0.29) is 32.7 Å². The number of ether oxygens (including phenoxy) is 4. The van der Waals surface area contributed by atoms with E-state index >= 15 is 0 Å². The van der Waals surface area contributed by atoms with Gasteiger partial charge in [0, 0.05) is 12.1 Å². The number of hydrogen-bond acceptors (Lipinski definition) is 8. The Morgan fingerprint density at radius 3 is 1.26 bits per heavy atom. The van der Waals surface area contributed by atoms with Crippen molar-refractivity contribution in [2.24, 2.45) is 0 Å². The Labute approximate surface area is 198 Å². The maximum absolute atomic E-state index is 13.2. The third kappa shape index (κ3) is 5.29. The second-order valence-electron chi connectivity index (χ2n) is 6.79.